The standard InChI is InChI=1S/C7H8O3S/c8-5-6-2-1-3-7(4-6)11(9)10/h1-4,8,11H,5H2. The molecule has 0 aromatic heterocycles. The Morgan fingerprint density at radius 2 is 2.09 bits per heavy atom. The zero-order valence-corrected chi connectivity index (χ0v) is 6.62. The van der Waals surface area contributed by atoms with Gasteiger partial charge in [-0.25, -0.2) is 8.42 Å². The summed E-state index contributed by atoms with van der Waals surface area (Å²) in [6.07, 6.45) is 0. The summed E-state index contributed by atoms with van der Waals surface area (Å²) < 4.78 is 20.8. The maximum atomic E-state index is 10.4. The number of aliphatic hydroxyl groups excluding tert-OH is 1. The van der Waals surface area contributed by atoms with Gasteiger partial charge < -0.3 is 5.11 Å². The summed E-state index contributed by atoms with van der Waals surface area (Å²) in [5.41, 5.74) is 0.613. The Hall–Kier alpha value is -0.870. The second-order valence-corrected chi connectivity index (χ2v) is 3.12. The van der Waals surface area contributed by atoms with Crippen molar-refractivity contribution in [2.45, 2.75) is 11.5 Å². The predicted molar refractivity (Wildman–Crippen MR) is 40.9 cm³/mol. The summed E-state index contributed by atoms with van der Waals surface area (Å²) in [7, 11) is -2.53. The Labute approximate surface area is 66.2 Å². The molecule has 60 valence electrons. The van der Waals surface area contributed by atoms with E-state index < -0.39 is 10.7 Å². The van der Waals surface area contributed by atoms with Crippen LogP contribution in [0.2, 0.25) is 0 Å². The normalized spacial score (nSPS) is 10.4. The van der Waals surface area contributed by atoms with Gasteiger partial charge in [0.15, 0.2) is 10.7 Å². The van der Waals surface area contributed by atoms with Crippen molar-refractivity contribution >= 4 is 10.7 Å². The molecule has 0 unspecified atom stereocenters. The lowest BCUT2D eigenvalue weighted by Gasteiger charge is -1.94. The van der Waals surface area contributed by atoms with Gasteiger partial charge in [0.2, 0.25) is 0 Å². The van der Waals surface area contributed by atoms with E-state index in [4.69, 9.17) is 5.11 Å². The first-order valence-electron chi connectivity index (χ1n) is 3.08. The van der Waals surface area contributed by atoms with Crippen LogP contribution < -0.4 is 0 Å². The van der Waals surface area contributed by atoms with Crippen molar-refractivity contribution in [3.05, 3.63) is 29.8 Å². The van der Waals surface area contributed by atoms with Gasteiger partial charge in [-0.05, 0) is 17.7 Å². The molecule has 0 saturated heterocycles. The van der Waals surface area contributed by atoms with Gasteiger partial charge >= 0.3 is 0 Å². The van der Waals surface area contributed by atoms with Crippen LogP contribution in [-0.2, 0) is 17.3 Å². The second-order valence-electron chi connectivity index (χ2n) is 2.09. The van der Waals surface area contributed by atoms with Crippen LogP contribution in [0.4, 0.5) is 0 Å². The average Bonchev–Trinajstić information content (AvgIpc) is 2.05. The van der Waals surface area contributed by atoms with Crippen molar-refractivity contribution in [3.8, 4) is 0 Å². The molecule has 0 radical (unpaired) electrons. The minimum Gasteiger partial charge on any atom is -0.392 e. The number of thiol groups is 1. The van der Waals surface area contributed by atoms with Gasteiger partial charge in [0.05, 0.1) is 11.5 Å². The van der Waals surface area contributed by atoms with Crippen molar-refractivity contribution < 1.29 is 13.5 Å². The molecule has 0 aliphatic heterocycles. The van der Waals surface area contributed by atoms with Crippen molar-refractivity contribution in [2.24, 2.45) is 0 Å². The summed E-state index contributed by atoms with van der Waals surface area (Å²) in [5, 5.41) is 8.65. The number of benzene rings is 1. The maximum Gasteiger partial charge on any atom is 0.168 e. The highest BCUT2D eigenvalue weighted by atomic mass is 32.2. The largest absolute Gasteiger partial charge is 0.392 e. The number of hydrogen-bond acceptors (Lipinski definition) is 3. The molecule has 0 aliphatic carbocycles. The van der Waals surface area contributed by atoms with E-state index >= 15 is 0 Å². The van der Waals surface area contributed by atoms with Crippen molar-refractivity contribution in [1.29, 1.82) is 0 Å². The second kappa shape index (κ2) is 3.50. The number of aliphatic hydroxyl groups is 1. The van der Waals surface area contributed by atoms with E-state index in [0.717, 1.165) is 0 Å². The Morgan fingerprint density at radius 3 is 2.64 bits per heavy atom. The lowest BCUT2D eigenvalue weighted by Crippen LogP contribution is -1.85. The van der Waals surface area contributed by atoms with Crippen LogP contribution in [0.25, 0.3) is 0 Å². The zero-order valence-electron chi connectivity index (χ0n) is 5.73. The Bertz CT molecular complexity index is 309. The monoisotopic (exact) mass is 172 g/mol. The van der Waals surface area contributed by atoms with Crippen LogP contribution >= 0.6 is 0 Å². The Morgan fingerprint density at radius 1 is 1.36 bits per heavy atom. The van der Waals surface area contributed by atoms with Gasteiger partial charge in [-0.2, -0.15) is 0 Å². The van der Waals surface area contributed by atoms with Crippen LogP contribution in [0.3, 0.4) is 0 Å². The summed E-state index contributed by atoms with van der Waals surface area (Å²) in [6, 6.07) is 6.21. The lowest BCUT2D eigenvalue weighted by atomic mass is 10.2. The topological polar surface area (TPSA) is 54.4 Å². The molecule has 0 heterocycles. The first-order chi connectivity index (χ1) is 5.24. The van der Waals surface area contributed by atoms with E-state index in [-0.39, 0.29) is 11.5 Å². The molecule has 1 aromatic carbocycles. The third-order valence-corrected chi connectivity index (χ3v) is 2.00. The molecule has 0 spiro atoms. The van der Waals surface area contributed by atoms with Crippen molar-refractivity contribution in [3.63, 3.8) is 0 Å². The van der Waals surface area contributed by atoms with E-state index in [1.165, 1.54) is 12.1 Å². The van der Waals surface area contributed by atoms with Crippen molar-refractivity contribution in [2.75, 3.05) is 0 Å². The van der Waals surface area contributed by atoms with E-state index in [1.54, 1.807) is 12.1 Å². The fourth-order valence-electron chi connectivity index (χ4n) is 0.768. The van der Waals surface area contributed by atoms with Gasteiger partial charge in [0.25, 0.3) is 0 Å². The highest BCUT2D eigenvalue weighted by Gasteiger charge is 1.94. The lowest BCUT2D eigenvalue weighted by molar-refractivity contribution is 0.281. The fraction of sp³-hybridized carbons (Fsp3) is 0.143. The summed E-state index contributed by atoms with van der Waals surface area (Å²) in [4.78, 5) is 0.242. The molecule has 11 heavy (non-hydrogen) atoms. The van der Waals surface area contributed by atoms with Crippen molar-refractivity contribution in [1.82, 2.24) is 0 Å². The van der Waals surface area contributed by atoms with Crippen LogP contribution in [0.1, 0.15) is 5.56 Å². The van der Waals surface area contributed by atoms with Crippen LogP contribution in [0, 0.1) is 0 Å². The molecule has 0 aliphatic rings. The Kier molecular flexibility index (Phi) is 2.62. The third kappa shape index (κ3) is 2.03. The first kappa shape index (κ1) is 8.23. The molecular weight excluding hydrogens is 164 g/mol. The maximum absolute atomic E-state index is 10.4. The molecule has 1 rings (SSSR count). The van der Waals surface area contributed by atoms with Gasteiger partial charge in [-0.1, -0.05) is 12.1 Å². The number of hydrogen-bond donors (Lipinski definition) is 2. The van der Waals surface area contributed by atoms with Crippen LogP contribution in [0.15, 0.2) is 29.2 Å². The fourth-order valence-corrected chi connectivity index (χ4v) is 1.25. The number of rotatable bonds is 2. The average molecular weight is 172 g/mol. The molecule has 1 N–H and O–H groups in total. The molecule has 0 saturated carbocycles. The highest BCUT2D eigenvalue weighted by Crippen LogP contribution is 2.05. The molecule has 0 fully saturated rings. The van der Waals surface area contributed by atoms with Gasteiger partial charge in [-0.15, -0.1) is 0 Å². The van der Waals surface area contributed by atoms with E-state index in [2.05, 4.69) is 0 Å². The molecule has 1 aromatic rings. The molecule has 3 nitrogen and oxygen atoms in total. The molecule has 0 atom stereocenters. The SMILES string of the molecule is O=[SH](=O)c1cccc(CO)c1. The minimum absolute atomic E-state index is 0.128. The van der Waals surface area contributed by atoms with E-state index in [1.807, 2.05) is 0 Å². The van der Waals surface area contributed by atoms with Crippen LogP contribution in [0.5, 0.6) is 0 Å². The zero-order chi connectivity index (χ0) is 8.27. The Balaban J connectivity index is 3.10. The predicted octanol–water partition coefficient (Wildman–Crippen LogP) is 0.149. The highest BCUT2D eigenvalue weighted by molar-refractivity contribution is 7.72. The van der Waals surface area contributed by atoms with Gasteiger partial charge in [0.1, 0.15) is 0 Å². The molecule has 4 heteroatoms. The summed E-state index contributed by atoms with van der Waals surface area (Å²) in [5.74, 6) is 0. The molecular formula is C7H8O3S. The van der Waals surface area contributed by atoms with Gasteiger partial charge in [-0.3, -0.25) is 0 Å². The van der Waals surface area contributed by atoms with Gasteiger partial charge in [0, 0.05) is 0 Å². The van der Waals surface area contributed by atoms with E-state index in [0.29, 0.717) is 5.56 Å². The summed E-state index contributed by atoms with van der Waals surface area (Å²) in [6.45, 7) is -0.128. The summed E-state index contributed by atoms with van der Waals surface area (Å²) >= 11 is 0. The van der Waals surface area contributed by atoms with E-state index in [9.17, 15) is 8.42 Å². The quantitative estimate of drug-likeness (QED) is 0.624. The smallest absolute Gasteiger partial charge is 0.168 e. The van der Waals surface area contributed by atoms with Crippen LogP contribution in [-0.4, -0.2) is 13.5 Å². The minimum atomic E-state index is -2.53. The first-order valence-corrected chi connectivity index (χ1v) is 4.26. The molecule has 0 bridgehead atoms. The third-order valence-electron chi connectivity index (χ3n) is 1.30. The molecule has 0 amide bonds.